The number of amides is 1. The summed E-state index contributed by atoms with van der Waals surface area (Å²) in [5, 5.41) is 2.62. The lowest BCUT2D eigenvalue weighted by Gasteiger charge is -2.22. The van der Waals surface area contributed by atoms with Crippen LogP contribution in [0.25, 0.3) is 0 Å². The van der Waals surface area contributed by atoms with E-state index in [1.807, 2.05) is 6.92 Å². The standard InChI is InChI=1S/C20H24N2O6S/c1-4-27-18-12-10-17(11-13-18)22(29(3,25)26)14-19(23)21-16-8-6-15(7-9-16)20(24)28-5-2/h6-13H,4-5,14H2,1-3H3,(H,21,23). The maximum Gasteiger partial charge on any atom is 0.338 e. The lowest BCUT2D eigenvalue weighted by atomic mass is 10.2. The van der Waals surface area contributed by atoms with Crippen molar-refractivity contribution in [1.82, 2.24) is 0 Å². The SMILES string of the molecule is CCOC(=O)c1ccc(NC(=O)CN(c2ccc(OCC)cc2)S(C)(=O)=O)cc1. The van der Waals surface area contributed by atoms with Crippen LogP contribution < -0.4 is 14.4 Å². The summed E-state index contributed by atoms with van der Waals surface area (Å²) >= 11 is 0. The summed E-state index contributed by atoms with van der Waals surface area (Å²) in [5.74, 6) is -0.367. The summed E-state index contributed by atoms with van der Waals surface area (Å²) in [5.41, 5.74) is 1.14. The smallest absolute Gasteiger partial charge is 0.338 e. The first-order chi connectivity index (χ1) is 13.7. The van der Waals surface area contributed by atoms with Gasteiger partial charge < -0.3 is 14.8 Å². The van der Waals surface area contributed by atoms with Gasteiger partial charge in [-0.2, -0.15) is 0 Å². The summed E-state index contributed by atoms with van der Waals surface area (Å²) < 4.78 is 35.6. The topological polar surface area (TPSA) is 102 Å². The molecule has 0 saturated heterocycles. The highest BCUT2D eigenvalue weighted by Gasteiger charge is 2.21. The van der Waals surface area contributed by atoms with Gasteiger partial charge in [0.25, 0.3) is 0 Å². The summed E-state index contributed by atoms with van der Waals surface area (Å²) in [4.78, 5) is 24.1. The van der Waals surface area contributed by atoms with Gasteiger partial charge in [0.05, 0.1) is 30.7 Å². The van der Waals surface area contributed by atoms with Crippen molar-refractivity contribution in [2.45, 2.75) is 13.8 Å². The average Bonchev–Trinajstić information content (AvgIpc) is 2.67. The normalized spacial score (nSPS) is 10.9. The van der Waals surface area contributed by atoms with E-state index in [4.69, 9.17) is 9.47 Å². The van der Waals surface area contributed by atoms with Gasteiger partial charge in [0.1, 0.15) is 12.3 Å². The number of hydrogen-bond acceptors (Lipinski definition) is 6. The van der Waals surface area contributed by atoms with Crippen molar-refractivity contribution < 1.29 is 27.5 Å². The van der Waals surface area contributed by atoms with E-state index in [9.17, 15) is 18.0 Å². The van der Waals surface area contributed by atoms with Crippen LogP contribution in [0.4, 0.5) is 11.4 Å². The van der Waals surface area contributed by atoms with E-state index in [0.29, 0.717) is 29.3 Å². The average molecular weight is 420 g/mol. The Labute approximate surface area is 170 Å². The molecule has 0 fully saturated rings. The summed E-state index contributed by atoms with van der Waals surface area (Å²) in [6.07, 6.45) is 1.03. The number of carbonyl (C=O) groups excluding carboxylic acids is 2. The highest BCUT2D eigenvalue weighted by molar-refractivity contribution is 7.92. The number of nitrogens with one attached hydrogen (secondary N) is 1. The minimum Gasteiger partial charge on any atom is -0.494 e. The van der Waals surface area contributed by atoms with Crippen molar-refractivity contribution in [1.29, 1.82) is 0 Å². The molecule has 1 N–H and O–H groups in total. The van der Waals surface area contributed by atoms with Gasteiger partial charge >= 0.3 is 5.97 Å². The van der Waals surface area contributed by atoms with Crippen LogP contribution >= 0.6 is 0 Å². The summed E-state index contributed by atoms with van der Waals surface area (Å²) in [7, 11) is -3.68. The molecule has 0 aromatic heterocycles. The zero-order valence-electron chi connectivity index (χ0n) is 16.5. The maximum atomic E-state index is 12.4. The van der Waals surface area contributed by atoms with Crippen molar-refractivity contribution >= 4 is 33.3 Å². The molecule has 0 radical (unpaired) electrons. The number of nitrogens with zero attached hydrogens (tertiary/aromatic N) is 1. The Morgan fingerprint density at radius 2 is 1.59 bits per heavy atom. The van der Waals surface area contributed by atoms with Gasteiger partial charge in [-0.3, -0.25) is 9.10 Å². The van der Waals surface area contributed by atoms with Gasteiger partial charge in [-0.05, 0) is 62.4 Å². The maximum absolute atomic E-state index is 12.4. The number of ether oxygens (including phenoxy) is 2. The van der Waals surface area contributed by atoms with Gasteiger partial charge in [0, 0.05) is 5.69 Å². The molecular weight excluding hydrogens is 396 g/mol. The van der Waals surface area contributed by atoms with Crippen LogP contribution in [0.15, 0.2) is 48.5 Å². The van der Waals surface area contributed by atoms with E-state index >= 15 is 0 Å². The minimum absolute atomic E-state index is 0.268. The number of sulfonamides is 1. The van der Waals surface area contributed by atoms with Crippen LogP contribution in [0.2, 0.25) is 0 Å². The number of carbonyl (C=O) groups is 2. The van der Waals surface area contributed by atoms with Gasteiger partial charge in [-0.15, -0.1) is 0 Å². The Kier molecular flexibility index (Phi) is 7.60. The predicted molar refractivity (Wildman–Crippen MR) is 111 cm³/mol. The molecule has 156 valence electrons. The summed E-state index contributed by atoms with van der Waals surface area (Å²) in [6.45, 7) is 3.92. The van der Waals surface area contributed by atoms with Crippen LogP contribution in [-0.4, -0.2) is 46.3 Å². The van der Waals surface area contributed by atoms with Crippen LogP contribution in [0.5, 0.6) is 5.75 Å². The molecule has 0 saturated carbocycles. The Morgan fingerprint density at radius 1 is 0.966 bits per heavy atom. The molecule has 0 spiro atoms. The van der Waals surface area contributed by atoms with E-state index in [1.165, 1.54) is 12.1 Å². The number of rotatable bonds is 9. The second kappa shape index (κ2) is 9.92. The van der Waals surface area contributed by atoms with Crippen molar-refractivity contribution in [2.75, 3.05) is 35.6 Å². The van der Waals surface area contributed by atoms with Crippen LogP contribution in [0.3, 0.4) is 0 Å². The number of benzene rings is 2. The Hall–Kier alpha value is -3.07. The fourth-order valence-electron chi connectivity index (χ4n) is 2.51. The van der Waals surface area contributed by atoms with Gasteiger partial charge in [-0.25, -0.2) is 13.2 Å². The Morgan fingerprint density at radius 3 is 2.10 bits per heavy atom. The molecule has 8 nitrogen and oxygen atoms in total. The number of esters is 1. The van der Waals surface area contributed by atoms with Crippen LogP contribution in [-0.2, 0) is 19.6 Å². The molecule has 1 amide bonds. The molecule has 2 rings (SSSR count). The van der Waals surface area contributed by atoms with E-state index in [1.54, 1.807) is 43.3 Å². The quantitative estimate of drug-likeness (QED) is 0.626. The molecule has 9 heteroatoms. The minimum atomic E-state index is -3.68. The van der Waals surface area contributed by atoms with Gasteiger partial charge in [0.2, 0.25) is 15.9 Å². The molecule has 2 aromatic carbocycles. The highest BCUT2D eigenvalue weighted by atomic mass is 32.2. The lowest BCUT2D eigenvalue weighted by molar-refractivity contribution is -0.114. The second-order valence-corrected chi connectivity index (χ2v) is 7.95. The monoisotopic (exact) mass is 420 g/mol. The Bertz CT molecular complexity index is 940. The molecule has 0 bridgehead atoms. The van der Waals surface area contributed by atoms with Crippen molar-refractivity contribution in [3.05, 3.63) is 54.1 Å². The zero-order chi connectivity index (χ0) is 21.4. The van der Waals surface area contributed by atoms with Crippen molar-refractivity contribution in [3.8, 4) is 5.75 Å². The first-order valence-electron chi connectivity index (χ1n) is 9.02. The van der Waals surface area contributed by atoms with Crippen LogP contribution in [0.1, 0.15) is 24.2 Å². The highest BCUT2D eigenvalue weighted by Crippen LogP contribution is 2.22. The lowest BCUT2D eigenvalue weighted by Crippen LogP contribution is -2.37. The summed E-state index contributed by atoms with van der Waals surface area (Å²) in [6, 6.07) is 12.6. The zero-order valence-corrected chi connectivity index (χ0v) is 17.4. The van der Waals surface area contributed by atoms with E-state index < -0.39 is 28.4 Å². The molecule has 0 aliphatic heterocycles. The van der Waals surface area contributed by atoms with Gasteiger partial charge in [0.15, 0.2) is 0 Å². The Balaban J connectivity index is 2.09. The first-order valence-corrected chi connectivity index (χ1v) is 10.9. The molecule has 0 aliphatic rings. The predicted octanol–water partition coefficient (Wildman–Crippen LogP) is 2.67. The largest absolute Gasteiger partial charge is 0.494 e. The molecule has 0 aliphatic carbocycles. The fourth-order valence-corrected chi connectivity index (χ4v) is 3.37. The van der Waals surface area contributed by atoms with Crippen molar-refractivity contribution in [2.24, 2.45) is 0 Å². The van der Waals surface area contributed by atoms with E-state index in [0.717, 1.165) is 10.6 Å². The number of hydrogen-bond donors (Lipinski definition) is 1. The van der Waals surface area contributed by atoms with Crippen molar-refractivity contribution in [3.63, 3.8) is 0 Å². The van der Waals surface area contributed by atoms with E-state index in [2.05, 4.69) is 5.32 Å². The van der Waals surface area contributed by atoms with E-state index in [-0.39, 0.29) is 6.61 Å². The molecule has 2 aromatic rings. The first kappa shape index (κ1) is 22.2. The van der Waals surface area contributed by atoms with Crippen LogP contribution in [0, 0.1) is 0 Å². The molecular formula is C20H24N2O6S. The third-order valence-corrected chi connectivity index (χ3v) is 4.94. The third-order valence-electron chi connectivity index (χ3n) is 3.80. The fraction of sp³-hybridized carbons (Fsp3) is 0.300. The molecule has 0 unspecified atom stereocenters. The third kappa shape index (κ3) is 6.49. The second-order valence-electron chi connectivity index (χ2n) is 6.04. The van der Waals surface area contributed by atoms with Gasteiger partial charge in [-0.1, -0.05) is 0 Å². The number of anilines is 2. The molecule has 0 heterocycles. The molecule has 29 heavy (non-hydrogen) atoms. The molecule has 0 atom stereocenters.